The van der Waals surface area contributed by atoms with Crippen LogP contribution < -0.4 is 11.1 Å². The van der Waals surface area contributed by atoms with E-state index in [0.717, 1.165) is 25.8 Å². The number of likely N-dealkylation sites (N-methyl/N-ethyl adjacent to an activating group) is 1. The highest BCUT2D eigenvalue weighted by Gasteiger charge is 2.30. The van der Waals surface area contributed by atoms with Gasteiger partial charge in [-0.3, -0.25) is 9.69 Å². The van der Waals surface area contributed by atoms with Crippen LogP contribution in [0, 0.1) is 5.92 Å². The largest absolute Gasteiger partial charge is 0.355 e. The molecule has 0 bridgehead atoms. The fraction of sp³-hybridized carbons (Fsp3) is 0.929. The number of carbonyl (C=O) groups excluding carboxylic acids is 1. The van der Waals surface area contributed by atoms with Crippen molar-refractivity contribution in [3.63, 3.8) is 0 Å². The van der Waals surface area contributed by atoms with E-state index in [2.05, 4.69) is 37.9 Å². The molecule has 0 aliphatic heterocycles. The third-order valence-corrected chi connectivity index (χ3v) is 3.93. The van der Waals surface area contributed by atoms with E-state index in [1.54, 1.807) is 0 Å². The number of nitrogens with two attached hydrogens (primary N) is 1. The molecule has 4 heteroatoms. The zero-order valence-electron chi connectivity index (χ0n) is 12.8. The Bertz CT molecular complexity index is 229. The van der Waals surface area contributed by atoms with E-state index >= 15 is 0 Å². The summed E-state index contributed by atoms with van der Waals surface area (Å²) in [5, 5.41) is 2.97. The van der Waals surface area contributed by atoms with Gasteiger partial charge in [0.2, 0.25) is 5.91 Å². The summed E-state index contributed by atoms with van der Waals surface area (Å²) in [6.07, 6.45) is 2.96. The van der Waals surface area contributed by atoms with Crippen molar-refractivity contribution in [2.24, 2.45) is 11.7 Å². The van der Waals surface area contributed by atoms with E-state index in [-0.39, 0.29) is 11.4 Å². The maximum absolute atomic E-state index is 11.8. The molecule has 0 saturated heterocycles. The molecule has 0 spiro atoms. The molecule has 0 aromatic carbocycles. The fourth-order valence-electron chi connectivity index (χ4n) is 2.17. The maximum Gasteiger partial charge on any atom is 0.234 e. The van der Waals surface area contributed by atoms with Gasteiger partial charge in [-0.15, -0.1) is 0 Å². The highest BCUT2D eigenvalue weighted by atomic mass is 16.2. The van der Waals surface area contributed by atoms with Crippen LogP contribution >= 0.6 is 0 Å². The van der Waals surface area contributed by atoms with Crippen molar-refractivity contribution in [3.8, 4) is 0 Å². The SMILES string of the molecule is CCC(CC)(CN)N(C)CC(=O)NCCC(C)C. The number of nitrogens with one attached hydrogen (secondary N) is 1. The first-order valence-corrected chi connectivity index (χ1v) is 7.09. The summed E-state index contributed by atoms with van der Waals surface area (Å²) >= 11 is 0. The summed E-state index contributed by atoms with van der Waals surface area (Å²) < 4.78 is 0. The first kappa shape index (κ1) is 17.4. The average molecular weight is 257 g/mol. The average Bonchev–Trinajstić information content (AvgIpc) is 2.31. The normalized spacial score (nSPS) is 12.2. The number of rotatable bonds is 9. The van der Waals surface area contributed by atoms with E-state index in [9.17, 15) is 4.79 Å². The minimum atomic E-state index is -0.0462. The van der Waals surface area contributed by atoms with Gasteiger partial charge in [0, 0.05) is 18.6 Å². The molecular weight excluding hydrogens is 226 g/mol. The lowest BCUT2D eigenvalue weighted by Gasteiger charge is -2.39. The molecule has 0 fully saturated rings. The van der Waals surface area contributed by atoms with Gasteiger partial charge >= 0.3 is 0 Å². The second-order valence-corrected chi connectivity index (χ2v) is 5.52. The Morgan fingerprint density at radius 2 is 1.89 bits per heavy atom. The zero-order valence-corrected chi connectivity index (χ0v) is 12.8. The second kappa shape index (κ2) is 8.48. The van der Waals surface area contributed by atoms with E-state index in [1.165, 1.54) is 0 Å². The van der Waals surface area contributed by atoms with Gasteiger partial charge in [-0.1, -0.05) is 27.7 Å². The Morgan fingerprint density at radius 1 is 1.33 bits per heavy atom. The Balaban J connectivity index is 4.20. The molecule has 3 N–H and O–H groups in total. The lowest BCUT2D eigenvalue weighted by Crippen LogP contribution is -2.54. The highest BCUT2D eigenvalue weighted by molar-refractivity contribution is 5.78. The highest BCUT2D eigenvalue weighted by Crippen LogP contribution is 2.20. The minimum absolute atomic E-state index is 0.0462. The van der Waals surface area contributed by atoms with Crippen LogP contribution in [0.4, 0.5) is 0 Å². The van der Waals surface area contributed by atoms with Crippen molar-refractivity contribution in [3.05, 3.63) is 0 Å². The fourth-order valence-corrected chi connectivity index (χ4v) is 2.17. The predicted molar refractivity (Wildman–Crippen MR) is 77.5 cm³/mol. The molecule has 0 aliphatic carbocycles. The number of amides is 1. The molecule has 0 heterocycles. The van der Waals surface area contributed by atoms with Gasteiger partial charge in [-0.25, -0.2) is 0 Å². The molecule has 0 unspecified atom stereocenters. The maximum atomic E-state index is 11.8. The molecule has 0 aromatic heterocycles. The molecule has 4 nitrogen and oxygen atoms in total. The summed E-state index contributed by atoms with van der Waals surface area (Å²) in [6, 6.07) is 0. The van der Waals surface area contributed by atoms with Gasteiger partial charge in [0.15, 0.2) is 0 Å². The number of carbonyl (C=O) groups is 1. The Hall–Kier alpha value is -0.610. The van der Waals surface area contributed by atoms with Crippen LogP contribution in [0.1, 0.15) is 47.0 Å². The number of nitrogens with zero attached hydrogens (tertiary/aromatic N) is 1. The summed E-state index contributed by atoms with van der Waals surface area (Å²) in [6.45, 7) is 10.4. The van der Waals surface area contributed by atoms with E-state index in [4.69, 9.17) is 5.73 Å². The van der Waals surface area contributed by atoms with Crippen molar-refractivity contribution < 1.29 is 4.79 Å². The van der Waals surface area contributed by atoms with Crippen LogP contribution in [0.25, 0.3) is 0 Å². The third-order valence-electron chi connectivity index (χ3n) is 3.93. The molecule has 1 amide bonds. The van der Waals surface area contributed by atoms with Crippen molar-refractivity contribution >= 4 is 5.91 Å². The standard InChI is InChI=1S/C14H31N3O/c1-6-14(7-2,11-15)17(5)10-13(18)16-9-8-12(3)4/h12H,6-11,15H2,1-5H3,(H,16,18). The van der Waals surface area contributed by atoms with Crippen molar-refractivity contribution in [2.45, 2.75) is 52.5 Å². The zero-order chi connectivity index (χ0) is 14.2. The predicted octanol–water partition coefficient (Wildman–Crippen LogP) is 1.60. The van der Waals surface area contributed by atoms with E-state index in [0.29, 0.717) is 19.0 Å². The van der Waals surface area contributed by atoms with E-state index in [1.807, 2.05) is 7.05 Å². The molecule has 0 aromatic rings. The summed E-state index contributed by atoms with van der Waals surface area (Å²) in [5.74, 6) is 0.718. The smallest absolute Gasteiger partial charge is 0.234 e. The van der Waals surface area contributed by atoms with Gasteiger partial charge in [0.05, 0.1) is 6.54 Å². The number of hydrogen-bond acceptors (Lipinski definition) is 3. The Kier molecular flexibility index (Phi) is 8.20. The van der Waals surface area contributed by atoms with Gasteiger partial charge in [0.25, 0.3) is 0 Å². The van der Waals surface area contributed by atoms with Crippen molar-refractivity contribution in [2.75, 3.05) is 26.7 Å². The molecule has 18 heavy (non-hydrogen) atoms. The Morgan fingerprint density at radius 3 is 2.28 bits per heavy atom. The summed E-state index contributed by atoms with van der Waals surface area (Å²) in [5.41, 5.74) is 5.83. The first-order valence-electron chi connectivity index (χ1n) is 7.09. The monoisotopic (exact) mass is 257 g/mol. The van der Waals surface area contributed by atoms with Gasteiger partial charge in [0.1, 0.15) is 0 Å². The van der Waals surface area contributed by atoms with Crippen LogP contribution in [0.2, 0.25) is 0 Å². The molecule has 0 atom stereocenters. The quantitative estimate of drug-likeness (QED) is 0.659. The van der Waals surface area contributed by atoms with Crippen LogP contribution in [-0.2, 0) is 4.79 Å². The molecular formula is C14H31N3O. The van der Waals surface area contributed by atoms with Crippen LogP contribution in [0.5, 0.6) is 0 Å². The van der Waals surface area contributed by atoms with Gasteiger partial charge in [-0.05, 0) is 32.2 Å². The summed E-state index contributed by atoms with van der Waals surface area (Å²) in [4.78, 5) is 13.9. The van der Waals surface area contributed by atoms with Crippen molar-refractivity contribution in [1.29, 1.82) is 0 Å². The number of hydrogen-bond donors (Lipinski definition) is 2. The minimum Gasteiger partial charge on any atom is -0.355 e. The Labute approximate surface area is 112 Å². The molecule has 108 valence electrons. The molecule has 0 radical (unpaired) electrons. The van der Waals surface area contributed by atoms with Crippen molar-refractivity contribution in [1.82, 2.24) is 10.2 Å². The first-order chi connectivity index (χ1) is 8.41. The van der Waals surface area contributed by atoms with E-state index < -0.39 is 0 Å². The third kappa shape index (κ3) is 5.36. The van der Waals surface area contributed by atoms with Gasteiger partial charge in [-0.2, -0.15) is 0 Å². The van der Waals surface area contributed by atoms with Gasteiger partial charge < -0.3 is 11.1 Å². The molecule has 0 aliphatic rings. The molecule has 0 rings (SSSR count). The van der Waals surface area contributed by atoms with Crippen LogP contribution in [0.3, 0.4) is 0 Å². The summed E-state index contributed by atoms with van der Waals surface area (Å²) in [7, 11) is 1.99. The lowest BCUT2D eigenvalue weighted by molar-refractivity contribution is -0.123. The molecule has 0 saturated carbocycles. The lowest BCUT2D eigenvalue weighted by atomic mass is 9.91. The topological polar surface area (TPSA) is 58.4 Å². The second-order valence-electron chi connectivity index (χ2n) is 5.52. The van der Waals surface area contributed by atoms with Crippen LogP contribution in [0.15, 0.2) is 0 Å². The van der Waals surface area contributed by atoms with Crippen LogP contribution in [-0.4, -0.2) is 43.0 Å².